The smallest absolute Gasteiger partial charge is 0.299 e. The number of nitrogens with zero attached hydrogens (tertiary/aromatic N) is 4. The minimum Gasteiger partial charge on any atom is -0.493 e. The number of rotatable bonds is 6. The summed E-state index contributed by atoms with van der Waals surface area (Å²) in [5.41, 5.74) is 2.10. The molecule has 0 aliphatic rings. The molecule has 0 spiro atoms. The zero-order chi connectivity index (χ0) is 18.8. The van der Waals surface area contributed by atoms with Gasteiger partial charge < -0.3 is 23.9 Å². The van der Waals surface area contributed by atoms with Crippen LogP contribution in [0.25, 0.3) is 17.1 Å². The number of anilines is 2. The van der Waals surface area contributed by atoms with Gasteiger partial charge in [-0.25, -0.2) is 14.5 Å². The number of imidazole rings is 1. The van der Waals surface area contributed by atoms with Crippen molar-refractivity contribution in [2.75, 3.05) is 26.6 Å². The van der Waals surface area contributed by atoms with E-state index in [-0.39, 0.29) is 0 Å². The van der Waals surface area contributed by atoms with Crippen LogP contribution in [0.2, 0.25) is 0 Å². The van der Waals surface area contributed by atoms with Crippen molar-refractivity contribution in [1.29, 1.82) is 0 Å². The predicted molar refractivity (Wildman–Crippen MR) is 97.9 cm³/mol. The normalized spacial score (nSPS) is 10.8. The molecule has 138 valence electrons. The van der Waals surface area contributed by atoms with Crippen LogP contribution in [0.1, 0.15) is 0 Å². The van der Waals surface area contributed by atoms with Gasteiger partial charge in [0, 0.05) is 24.0 Å². The minimum absolute atomic E-state index is 0.310. The van der Waals surface area contributed by atoms with Gasteiger partial charge in [-0.1, -0.05) is 0 Å². The lowest BCUT2D eigenvalue weighted by Crippen LogP contribution is -1.97. The lowest BCUT2D eigenvalue weighted by atomic mass is 10.2. The molecule has 0 radical (unpaired) electrons. The van der Waals surface area contributed by atoms with Crippen LogP contribution in [-0.2, 0) is 0 Å². The van der Waals surface area contributed by atoms with Gasteiger partial charge in [0.25, 0.3) is 6.01 Å². The van der Waals surface area contributed by atoms with E-state index in [4.69, 9.17) is 18.6 Å². The van der Waals surface area contributed by atoms with Crippen molar-refractivity contribution >= 4 is 17.3 Å². The number of nitrogens with one attached hydrogen (secondary N) is 1. The van der Waals surface area contributed by atoms with Crippen LogP contribution in [0.5, 0.6) is 17.2 Å². The highest BCUT2D eigenvalue weighted by molar-refractivity contribution is 5.66. The molecule has 0 unspecified atom stereocenters. The van der Waals surface area contributed by atoms with E-state index in [0.29, 0.717) is 40.4 Å². The molecule has 3 aromatic heterocycles. The van der Waals surface area contributed by atoms with E-state index in [1.54, 1.807) is 56.6 Å². The van der Waals surface area contributed by atoms with Gasteiger partial charge in [0.05, 0.1) is 33.7 Å². The molecule has 27 heavy (non-hydrogen) atoms. The second-order valence-electron chi connectivity index (χ2n) is 5.51. The van der Waals surface area contributed by atoms with E-state index in [9.17, 15) is 0 Å². The van der Waals surface area contributed by atoms with E-state index in [1.165, 1.54) is 0 Å². The summed E-state index contributed by atoms with van der Waals surface area (Å²) < 4.78 is 23.5. The maximum atomic E-state index is 5.81. The SMILES string of the molecule is COc1cc(Nc2ncc(-c3cnc4cccnn34)o2)cc(OC)c1OC. The zero-order valence-electron chi connectivity index (χ0n) is 15.0. The fourth-order valence-corrected chi connectivity index (χ4v) is 2.72. The molecule has 0 saturated carbocycles. The quantitative estimate of drug-likeness (QED) is 0.555. The average Bonchev–Trinajstić information content (AvgIpc) is 3.33. The molecule has 1 N–H and O–H groups in total. The number of benzene rings is 1. The summed E-state index contributed by atoms with van der Waals surface area (Å²) in [6.45, 7) is 0. The minimum atomic E-state index is 0.310. The number of methoxy groups -OCH3 is 3. The van der Waals surface area contributed by atoms with Crippen molar-refractivity contribution in [1.82, 2.24) is 19.6 Å². The number of hydrogen-bond acceptors (Lipinski definition) is 8. The standard InChI is InChI=1S/C18H17N5O4/c1-24-13-7-11(8-14(25-2)17(13)26-3)22-18-20-10-15(27-18)12-9-19-16-5-4-6-21-23(12)16/h4-10H,1-3H3,(H,20,22). The molecule has 0 saturated heterocycles. The van der Waals surface area contributed by atoms with Crippen molar-refractivity contribution < 1.29 is 18.6 Å². The Kier molecular flexibility index (Phi) is 4.25. The maximum absolute atomic E-state index is 5.81. The Morgan fingerprint density at radius 3 is 2.48 bits per heavy atom. The fourth-order valence-electron chi connectivity index (χ4n) is 2.72. The largest absolute Gasteiger partial charge is 0.493 e. The second-order valence-corrected chi connectivity index (χ2v) is 5.51. The van der Waals surface area contributed by atoms with Gasteiger partial charge in [0.2, 0.25) is 5.75 Å². The molecule has 3 heterocycles. The molecule has 0 fully saturated rings. The highest BCUT2D eigenvalue weighted by atomic mass is 16.5. The summed E-state index contributed by atoms with van der Waals surface area (Å²) in [5.74, 6) is 2.10. The third-order valence-corrected chi connectivity index (χ3v) is 3.95. The van der Waals surface area contributed by atoms with Gasteiger partial charge in [-0.2, -0.15) is 5.10 Å². The van der Waals surface area contributed by atoms with E-state index in [1.807, 2.05) is 12.1 Å². The lowest BCUT2D eigenvalue weighted by Gasteiger charge is -2.14. The summed E-state index contributed by atoms with van der Waals surface area (Å²) in [7, 11) is 4.67. The number of hydrogen-bond donors (Lipinski definition) is 1. The summed E-state index contributed by atoms with van der Waals surface area (Å²) in [5, 5.41) is 7.37. The number of fused-ring (bicyclic) bond motifs is 1. The Labute approximate surface area is 154 Å². The Morgan fingerprint density at radius 2 is 1.78 bits per heavy atom. The molecular weight excluding hydrogens is 350 g/mol. The van der Waals surface area contributed by atoms with Crippen molar-refractivity contribution in [3.8, 4) is 28.7 Å². The Bertz CT molecular complexity index is 1060. The van der Waals surface area contributed by atoms with Gasteiger partial charge in [-0.15, -0.1) is 0 Å². The van der Waals surface area contributed by atoms with E-state index < -0.39 is 0 Å². The van der Waals surface area contributed by atoms with Crippen LogP contribution >= 0.6 is 0 Å². The van der Waals surface area contributed by atoms with Crippen molar-refractivity contribution in [2.45, 2.75) is 0 Å². The summed E-state index contributed by atoms with van der Waals surface area (Å²) in [4.78, 5) is 8.57. The van der Waals surface area contributed by atoms with Crippen LogP contribution in [0.15, 0.2) is 47.3 Å². The molecule has 0 bridgehead atoms. The molecule has 9 heteroatoms. The van der Waals surface area contributed by atoms with Crippen LogP contribution in [0, 0.1) is 0 Å². The molecule has 1 aromatic carbocycles. The van der Waals surface area contributed by atoms with Crippen LogP contribution in [0.3, 0.4) is 0 Å². The summed E-state index contributed by atoms with van der Waals surface area (Å²) in [6, 6.07) is 7.53. The molecule has 0 aliphatic carbocycles. The third kappa shape index (κ3) is 2.99. The Balaban J connectivity index is 1.65. The highest BCUT2D eigenvalue weighted by Gasteiger charge is 2.16. The third-order valence-electron chi connectivity index (χ3n) is 3.95. The molecule has 4 aromatic rings. The van der Waals surface area contributed by atoms with Gasteiger partial charge in [-0.3, -0.25) is 0 Å². The molecule has 9 nitrogen and oxygen atoms in total. The van der Waals surface area contributed by atoms with Gasteiger partial charge >= 0.3 is 0 Å². The van der Waals surface area contributed by atoms with Crippen LogP contribution in [0.4, 0.5) is 11.7 Å². The second kappa shape index (κ2) is 6.87. The lowest BCUT2D eigenvalue weighted by molar-refractivity contribution is 0.324. The fraction of sp³-hybridized carbons (Fsp3) is 0.167. The first-order valence-corrected chi connectivity index (χ1v) is 8.05. The van der Waals surface area contributed by atoms with Crippen LogP contribution in [-0.4, -0.2) is 40.9 Å². The van der Waals surface area contributed by atoms with Crippen molar-refractivity contribution in [3.63, 3.8) is 0 Å². The summed E-state index contributed by atoms with van der Waals surface area (Å²) in [6.07, 6.45) is 4.98. The van der Waals surface area contributed by atoms with Crippen molar-refractivity contribution in [3.05, 3.63) is 42.9 Å². The first kappa shape index (κ1) is 16.7. The first-order valence-electron chi connectivity index (χ1n) is 8.05. The van der Waals surface area contributed by atoms with Crippen LogP contribution < -0.4 is 19.5 Å². The number of aromatic nitrogens is 4. The first-order chi connectivity index (χ1) is 13.2. The topological polar surface area (TPSA) is 95.9 Å². The molecule has 0 amide bonds. The molecule has 0 atom stereocenters. The molecule has 0 aliphatic heterocycles. The Hall–Kier alpha value is -3.75. The molecule has 4 rings (SSSR count). The molecular formula is C18H17N5O4. The summed E-state index contributed by atoms with van der Waals surface area (Å²) >= 11 is 0. The van der Waals surface area contributed by atoms with Gasteiger partial charge in [0.1, 0.15) is 5.69 Å². The zero-order valence-corrected chi connectivity index (χ0v) is 15.0. The highest BCUT2D eigenvalue weighted by Crippen LogP contribution is 2.40. The van der Waals surface area contributed by atoms with Crippen molar-refractivity contribution in [2.24, 2.45) is 0 Å². The van der Waals surface area contributed by atoms with E-state index in [2.05, 4.69) is 20.4 Å². The monoisotopic (exact) mass is 367 g/mol. The Morgan fingerprint density at radius 1 is 1.00 bits per heavy atom. The maximum Gasteiger partial charge on any atom is 0.299 e. The number of oxazole rings is 1. The number of ether oxygens (including phenoxy) is 3. The van der Waals surface area contributed by atoms with Gasteiger partial charge in [-0.05, 0) is 12.1 Å². The van der Waals surface area contributed by atoms with Gasteiger partial charge in [0.15, 0.2) is 22.9 Å². The predicted octanol–water partition coefficient (Wildman–Crippen LogP) is 3.15. The van der Waals surface area contributed by atoms with E-state index >= 15 is 0 Å². The van der Waals surface area contributed by atoms with E-state index in [0.717, 1.165) is 5.65 Å². The average molecular weight is 367 g/mol.